The smallest absolute Gasteiger partial charge is 0.118 e. The topological polar surface area (TPSA) is 18.5 Å². The molecule has 1 fully saturated rings. The van der Waals surface area contributed by atoms with Crippen LogP contribution in [0.2, 0.25) is 0 Å². The van der Waals surface area contributed by atoms with Gasteiger partial charge >= 0.3 is 0 Å². The molecule has 1 aliphatic heterocycles. The maximum absolute atomic E-state index is 5.96. The van der Waals surface area contributed by atoms with Crippen LogP contribution < -0.4 is 4.74 Å². The van der Waals surface area contributed by atoms with Gasteiger partial charge in [0.15, 0.2) is 0 Å². The van der Waals surface area contributed by atoms with E-state index in [2.05, 4.69) is 39.8 Å². The van der Waals surface area contributed by atoms with Gasteiger partial charge in [0, 0.05) is 5.41 Å². The highest BCUT2D eigenvalue weighted by atomic mass is 16.5. The largest absolute Gasteiger partial charge is 0.497 e. The van der Waals surface area contributed by atoms with Gasteiger partial charge in [-0.2, -0.15) is 0 Å². The summed E-state index contributed by atoms with van der Waals surface area (Å²) in [5.41, 5.74) is 1.35. The molecule has 0 radical (unpaired) electrons. The van der Waals surface area contributed by atoms with Crippen LogP contribution in [0.25, 0.3) is 0 Å². The molecule has 1 aliphatic rings. The minimum absolute atomic E-state index is 0.0441. The normalized spacial score (nSPS) is 25.9. The highest BCUT2D eigenvalue weighted by Gasteiger charge is 2.56. The molecule has 2 rings (SSSR count). The van der Waals surface area contributed by atoms with Gasteiger partial charge < -0.3 is 9.47 Å². The van der Waals surface area contributed by atoms with Gasteiger partial charge in [-0.15, -0.1) is 0 Å². The summed E-state index contributed by atoms with van der Waals surface area (Å²) in [6.07, 6.45) is 0.188. The lowest BCUT2D eigenvalue weighted by Crippen LogP contribution is -2.57. The van der Waals surface area contributed by atoms with Crippen molar-refractivity contribution in [2.24, 2.45) is 5.41 Å². The van der Waals surface area contributed by atoms with E-state index in [0.717, 1.165) is 5.75 Å². The van der Waals surface area contributed by atoms with Crippen molar-refractivity contribution in [2.75, 3.05) is 7.11 Å². The number of benzene rings is 1. The summed E-state index contributed by atoms with van der Waals surface area (Å²) in [4.78, 5) is 0. The van der Waals surface area contributed by atoms with Crippen LogP contribution in [0.1, 0.15) is 39.4 Å². The second-order valence-corrected chi connectivity index (χ2v) is 5.50. The second-order valence-electron chi connectivity index (χ2n) is 5.50. The fourth-order valence-corrected chi connectivity index (χ4v) is 2.11. The third-order valence-electron chi connectivity index (χ3n) is 4.04. The Balaban J connectivity index is 2.21. The van der Waals surface area contributed by atoms with E-state index in [-0.39, 0.29) is 17.1 Å². The molecule has 88 valence electrons. The van der Waals surface area contributed by atoms with Crippen molar-refractivity contribution >= 4 is 0 Å². The number of hydrogen-bond donors (Lipinski definition) is 0. The van der Waals surface area contributed by atoms with E-state index in [9.17, 15) is 0 Å². The van der Waals surface area contributed by atoms with E-state index >= 15 is 0 Å². The van der Waals surface area contributed by atoms with Crippen LogP contribution >= 0.6 is 0 Å². The van der Waals surface area contributed by atoms with E-state index in [1.54, 1.807) is 7.11 Å². The van der Waals surface area contributed by atoms with E-state index < -0.39 is 0 Å². The summed E-state index contributed by atoms with van der Waals surface area (Å²) in [6.45, 7) is 8.80. The molecule has 0 saturated carbocycles. The molecule has 0 amide bonds. The molecule has 2 nitrogen and oxygen atoms in total. The molecular weight excluding hydrogens is 200 g/mol. The first kappa shape index (κ1) is 11.5. The van der Waals surface area contributed by atoms with Crippen molar-refractivity contribution in [1.82, 2.24) is 0 Å². The first-order valence-corrected chi connectivity index (χ1v) is 5.70. The number of ether oxygens (including phenoxy) is 2. The fourth-order valence-electron chi connectivity index (χ4n) is 2.11. The Morgan fingerprint density at radius 3 is 2.00 bits per heavy atom. The molecule has 2 heteroatoms. The first-order chi connectivity index (χ1) is 7.38. The van der Waals surface area contributed by atoms with Crippen molar-refractivity contribution in [1.29, 1.82) is 0 Å². The lowest BCUT2D eigenvalue weighted by atomic mass is 9.65. The Morgan fingerprint density at radius 1 is 1.06 bits per heavy atom. The van der Waals surface area contributed by atoms with Crippen LogP contribution in [0.3, 0.4) is 0 Å². The molecule has 1 unspecified atom stereocenters. The molecule has 16 heavy (non-hydrogen) atoms. The Labute approximate surface area is 97.6 Å². The lowest BCUT2D eigenvalue weighted by Gasteiger charge is -2.58. The monoisotopic (exact) mass is 220 g/mol. The number of methoxy groups -OCH3 is 1. The predicted octanol–water partition coefficient (Wildman–Crippen LogP) is 3.57. The number of hydrogen-bond acceptors (Lipinski definition) is 2. The van der Waals surface area contributed by atoms with Crippen LogP contribution in [0.4, 0.5) is 0 Å². The second kappa shape index (κ2) is 3.49. The van der Waals surface area contributed by atoms with Gasteiger partial charge in [-0.3, -0.25) is 0 Å². The highest BCUT2D eigenvalue weighted by Crippen LogP contribution is 2.57. The third kappa shape index (κ3) is 1.52. The Bertz CT molecular complexity index is 376. The zero-order valence-electron chi connectivity index (χ0n) is 10.7. The average molecular weight is 220 g/mol. The zero-order chi connectivity index (χ0) is 12.0. The van der Waals surface area contributed by atoms with Crippen molar-refractivity contribution in [3.63, 3.8) is 0 Å². The molecule has 1 aromatic carbocycles. The van der Waals surface area contributed by atoms with Gasteiger partial charge in [0.25, 0.3) is 0 Å². The van der Waals surface area contributed by atoms with Gasteiger partial charge in [-0.1, -0.05) is 26.0 Å². The van der Waals surface area contributed by atoms with Crippen molar-refractivity contribution in [3.8, 4) is 5.75 Å². The minimum atomic E-state index is -0.0441. The molecule has 1 aromatic rings. The standard InChI is InChI=1S/C14H20O2/c1-13(2)12(16-14(13,3)4)10-6-8-11(15-5)9-7-10/h6-9,12H,1-5H3. The van der Waals surface area contributed by atoms with E-state index in [1.165, 1.54) is 5.56 Å². The average Bonchev–Trinajstić information content (AvgIpc) is 2.26. The quantitative estimate of drug-likeness (QED) is 0.758. The van der Waals surface area contributed by atoms with Gasteiger partial charge in [0.05, 0.1) is 18.8 Å². The maximum Gasteiger partial charge on any atom is 0.118 e. The van der Waals surface area contributed by atoms with E-state index in [0.29, 0.717) is 0 Å². The fraction of sp³-hybridized carbons (Fsp3) is 0.571. The van der Waals surface area contributed by atoms with Crippen LogP contribution in [0.15, 0.2) is 24.3 Å². The summed E-state index contributed by atoms with van der Waals surface area (Å²) in [5.74, 6) is 0.889. The molecule has 0 spiro atoms. The third-order valence-corrected chi connectivity index (χ3v) is 4.04. The molecule has 1 heterocycles. The maximum atomic E-state index is 5.96. The van der Waals surface area contributed by atoms with E-state index in [1.807, 2.05) is 12.1 Å². The van der Waals surface area contributed by atoms with E-state index in [4.69, 9.17) is 9.47 Å². The highest BCUT2D eigenvalue weighted by molar-refractivity contribution is 5.31. The van der Waals surface area contributed by atoms with Crippen molar-refractivity contribution < 1.29 is 9.47 Å². The van der Waals surface area contributed by atoms with Crippen molar-refractivity contribution in [3.05, 3.63) is 29.8 Å². The lowest BCUT2D eigenvalue weighted by molar-refractivity contribution is -0.294. The SMILES string of the molecule is COc1ccc(C2OC(C)(C)C2(C)C)cc1. The van der Waals surface area contributed by atoms with Gasteiger partial charge in [0.2, 0.25) is 0 Å². The molecule has 0 aromatic heterocycles. The van der Waals surface area contributed by atoms with Gasteiger partial charge in [0.1, 0.15) is 5.75 Å². The van der Waals surface area contributed by atoms with Gasteiger partial charge in [-0.05, 0) is 31.5 Å². The zero-order valence-corrected chi connectivity index (χ0v) is 10.7. The van der Waals surface area contributed by atoms with Crippen LogP contribution in [0, 0.1) is 5.41 Å². The Kier molecular flexibility index (Phi) is 2.50. The van der Waals surface area contributed by atoms with Gasteiger partial charge in [-0.25, -0.2) is 0 Å². The molecule has 1 saturated heterocycles. The summed E-state index contributed by atoms with van der Waals surface area (Å²) in [7, 11) is 1.68. The molecule has 0 aliphatic carbocycles. The van der Waals surface area contributed by atoms with Crippen LogP contribution in [-0.2, 0) is 4.74 Å². The summed E-state index contributed by atoms with van der Waals surface area (Å²) in [6, 6.07) is 8.14. The van der Waals surface area contributed by atoms with Crippen molar-refractivity contribution in [2.45, 2.75) is 39.4 Å². The summed E-state index contributed by atoms with van der Waals surface area (Å²) >= 11 is 0. The number of rotatable bonds is 2. The first-order valence-electron chi connectivity index (χ1n) is 5.70. The summed E-state index contributed by atoms with van der Waals surface area (Å²) < 4.78 is 11.1. The molecule has 0 N–H and O–H groups in total. The predicted molar refractivity (Wildman–Crippen MR) is 64.7 cm³/mol. The van der Waals surface area contributed by atoms with Crippen LogP contribution in [0.5, 0.6) is 5.75 Å². The Morgan fingerprint density at radius 2 is 1.62 bits per heavy atom. The molecule has 0 bridgehead atoms. The molecular formula is C14H20O2. The van der Waals surface area contributed by atoms with Crippen LogP contribution in [-0.4, -0.2) is 12.7 Å². The Hall–Kier alpha value is -1.02. The molecule has 1 atom stereocenters. The minimum Gasteiger partial charge on any atom is -0.497 e. The summed E-state index contributed by atoms with van der Waals surface area (Å²) in [5, 5.41) is 0.